The Bertz CT molecular complexity index is 1070. The Morgan fingerprint density at radius 3 is 2.40 bits per heavy atom. The van der Waals surface area contributed by atoms with Crippen LogP contribution in [0.3, 0.4) is 0 Å². The summed E-state index contributed by atoms with van der Waals surface area (Å²) in [5, 5.41) is 2.13. The molecule has 0 radical (unpaired) electrons. The molecule has 0 atom stereocenters. The van der Waals surface area contributed by atoms with Gasteiger partial charge in [0.2, 0.25) is 0 Å². The Labute approximate surface area is 175 Å². The van der Waals surface area contributed by atoms with Gasteiger partial charge in [-0.05, 0) is 40.5 Å². The van der Waals surface area contributed by atoms with Crippen LogP contribution in [0.4, 0.5) is 0 Å². The molecule has 0 unspecified atom stereocenters. The van der Waals surface area contributed by atoms with Crippen LogP contribution in [0.25, 0.3) is 16.3 Å². The van der Waals surface area contributed by atoms with Gasteiger partial charge in [0, 0.05) is 13.1 Å². The minimum Gasteiger partial charge on any atom is -0.482 e. The van der Waals surface area contributed by atoms with Gasteiger partial charge in [-0.15, -0.1) is 0 Å². The molecule has 5 heteroatoms. The number of rotatable bonds is 6. The van der Waals surface area contributed by atoms with Gasteiger partial charge in [-0.2, -0.15) is 0 Å². The maximum atomic E-state index is 12.3. The minimum atomic E-state index is -0.561. The van der Waals surface area contributed by atoms with Gasteiger partial charge in [0.25, 0.3) is 5.91 Å². The topological polar surface area (TPSA) is 55.8 Å². The van der Waals surface area contributed by atoms with Crippen molar-refractivity contribution in [2.24, 2.45) is 0 Å². The molecule has 0 N–H and O–H groups in total. The fourth-order valence-electron chi connectivity index (χ4n) is 3.48. The molecule has 30 heavy (non-hydrogen) atoms. The minimum absolute atomic E-state index is 0.197. The van der Waals surface area contributed by atoms with Gasteiger partial charge in [-0.1, -0.05) is 66.7 Å². The first kappa shape index (κ1) is 19.7. The fraction of sp³-hybridized carbons (Fsp3) is 0.200. The summed E-state index contributed by atoms with van der Waals surface area (Å²) in [6.07, 6.45) is 2.84. The lowest BCUT2D eigenvalue weighted by atomic mass is 10.00. The summed E-state index contributed by atoms with van der Waals surface area (Å²) in [7, 11) is 0. The number of hydrogen-bond acceptors (Lipinski definition) is 4. The fourth-order valence-corrected chi connectivity index (χ4v) is 3.48. The van der Waals surface area contributed by atoms with E-state index in [9.17, 15) is 9.59 Å². The van der Waals surface area contributed by atoms with E-state index in [1.165, 1.54) is 11.1 Å². The van der Waals surface area contributed by atoms with Crippen LogP contribution in [0.2, 0.25) is 0 Å². The molecule has 4 rings (SSSR count). The molecule has 3 aromatic rings. The van der Waals surface area contributed by atoms with Crippen molar-refractivity contribution in [3.8, 4) is 5.75 Å². The molecule has 152 valence electrons. The number of benzene rings is 3. The molecule has 1 amide bonds. The second-order valence-electron chi connectivity index (χ2n) is 7.14. The number of fused-ring (bicyclic) bond motifs is 1. The van der Waals surface area contributed by atoms with E-state index in [2.05, 4.69) is 18.2 Å². The van der Waals surface area contributed by atoms with Crippen LogP contribution in [0.1, 0.15) is 12.0 Å². The van der Waals surface area contributed by atoms with E-state index in [0.717, 1.165) is 17.2 Å². The molecule has 0 aliphatic carbocycles. The summed E-state index contributed by atoms with van der Waals surface area (Å²) in [6.45, 7) is 0.636. The third-order valence-electron chi connectivity index (χ3n) is 5.14. The summed E-state index contributed by atoms with van der Waals surface area (Å²) >= 11 is 0. The molecule has 0 fully saturated rings. The highest BCUT2D eigenvalue weighted by Gasteiger charge is 2.19. The van der Waals surface area contributed by atoms with E-state index in [4.69, 9.17) is 9.47 Å². The van der Waals surface area contributed by atoms with Gasteiger partial charge in [0.15, 0.2) is 13.2 Å². The van der Waals surface area contributed by atoms with Gasteiger partial charge in [0.1, 0.15) is 5.75 Å². The molecule has 0 saturated carbocycles. The highest BCUT2D eigenvalue weighted by atomic mass is 16.6. The van der Waals surface area contributed by atoms with Crippen molar-refractivity contribution in [2.75, 3.05) is 26.3 Å². The number of amides is 1. The van der Waals surface area contributed by atoms with Crippen molar-refractivity contribution < 1.29 is 19.1 Å². The van der Waals surface area contributed by atoms with E-state index < -0.39 is 5.97 Å². The van der Waals surface area contributed by atoms with E-state index in [-0.39, 0.29) is 19.1 Å². The highest BCUT2D eigenvalue weighted by Crippen LogP contribution is 2.22. The number of hydrogen-bond donors (Lipinski definition) is 0. The summed E-state index contributed by atoms with van der Waals surface area (Å²) < 4.78 is 10.6. The summed E-state index contributed by atoms with van der Waals surface area (Å²) in [5.41, 5.74) is 2.42. The summed E-state index contributed by atoms with van der Waals surface area (Å²) in [6, 6.07) is 23.7. The molecule has 0 saturated heterocycles. The molecule has 3 aromatic carbocycles. The third kappa shape index (κ3) is 4.87. The number of nitrogens with zero attached hydrogens (tertiary/aromatic N) is 1. The van der Waals surface area contributed by atoms with E-state index in [1.807, 2.05) is 60.7 Å². The van der Waals surface area contributed by atoms with Gasteiger partial charge in [0.05, 0.1) is 0 Å². The first-order chi connectivity index (χ1) is 14.7. The molecule has 0 aromatic heterocycles. The third-order valence-corrected chi connectivity index (χ3v) is 5.14. The number of ether oxygens (including phenoxy) is 2. The van der Waals surface area contributed by atoms with Crippen molar-refractivity contribution in [1.82, 2.24) is 4.90 Å². The van der Waals surface area contributed by atoms with Crippen LogP contribution in [-0.2, 0) is 14.3 Å². The van der Waals surface area contributed by atoms with Crippen LogP contribution < -0.4 is 4.74 Å². The van der Waals surface area contributed by atoms with Crippen molar-refractivity contribution in [2.45, 2.75) is 6.42 Å². The lowest BCUT2D eigenvalue weighted by Crippen LogP contribution is -2.38. The largest absolute Gasteiger partial charge is 0.482 e. The summed E-state index contributed by atoms with van der Waals surface area (Å²) in [5.74, 6) is -0.168. The Kier molecular flexibility index (Phi) is 6.09. The quantitative estimate of drug-likeness (QED) is 0.584. The van der Waals surface area contributed by atoms with Crippen molar-refractivity contribution in [3.63, 3.8) is 0 Å². The molecular formula is C25H23NO4. The monoisotopic (exact) mass is 401 g/mol. The van der Waals surface area contributed by atoms with Gasteiger partial charge in [-0.25, -0.2) is 4.79 Å². The zero-order chi connectivity index (χ0) is 20.8. The Balaban J connectivity index is 1.23. The first-order valence-corrected chi connectivity index (χ1v) is 9.98. The number of carbonyl (C=O) groups is 2. The molecule has 1 heterocycles. The smallest absolute Gasteiger partial charge is 0.344 e. The van der Waals surface area contributed by atoms with Gasteiger partial charge < -0.3 is 14.4 Å². The van der Waals surface area contributed by atoms with Crippen LogP contribution in [0.15, 0.2) is 78.9 Å². The molecule has 1 aliphatic heterocycles. The van der Waals surface area contributed by atoms with Crippen LogP contribution >= 0.6 is 0 Å². The van der Waals surface area contributed by atoms with Crippen LogP contribution in [0.5, 0.6) is 5.75 Å². The predicted molar refractivity (Wildman–Crippen MR) is 116 cm³/mol. The second kappa shape index (κ2) is 9.27. The molecule has 5 nitrogen and oxygen atoms in total. The molecular weight excluding hydrogens is 378 g/mol. The maximum absolute atomic E-state index is 12.3. The molecule has 1 aliphatic rings. The predicted octanol–water partition coefficient (Wildman–Crippen LogP) is 4.08. The first-order valence-electron chi connectivity index (χ1n) is 9.98. The summed E-state index contributed by atoms with van der Waals surface area (Å²) in [4.78, 5) is 26.0. The zero-order valence-corrected chi connectivity index (χ0v) is 16.6. The van der Waals surface area contributed by atoms with Crippen LogP contribution in [0, 0.1) is 0 Å². The van der Waals surface area contributed by atoms with Crippen molar-refractivity contribution in [3.05, 3.63) is 84.4 Å². The van der Waals surface area contributed by atoms with Gasteiger partial charge >= 0.3 is 5.97 Å². The molecule has 0 bridgehead atoms. The highest BCUT2D eigenvalue weighted by molar-refractivity contribution is 5.84. The standard InChI is InChI=1S/C25H23NO4/c27-24(26-14-12-21(13-15-26)19-6-2-1-3-7-19)17-30-25(28)18-29-23-11-10-20-8-4-5-9-22(20)16-23/h1-12,16H,13-15,17-18H2. The lowest BCUT2D eigenvalue weighted by molar-refractivity contribution is -0.153. The van der Waals surface area contributed by atoms with Crippen LogP contribution in [-0.4, -0.2) is 43.1 Å². The Hall–Kier alpha value is -3.60. The maximum Gasteiger partial charge on any atom is 0.344 e. The van der Waals surface area contributed by atoms with E-state index >= 15 is 0 Å². The van der Waals surface area contributed by atoms with E-state index in [1.54, 1.807) is 4.90 Å². The normalized spacial score (nSPS) is 13.6. The molecule has 0 spiro atoms. The SMILES string of the molecule is O=C(COc1ccc2ccccc2c1)OCC(=O)N1CC=C(c2ccccc2)CC1. The van der Waals surface area contributed by atoms with E-state index in [0.29, 0.717) is 18.8 Å². The average Bonchev–Trinajstić information content (AvgIpc) is 2.81. The van der Waals surface area contributed by atoms with Gasteiger partial charge in [-0.3, -0.25) is 4.79 Å². The Morgan fingerprint density at radius 2 is 1.63 bits per heavy atom. The van der Waals surface area contributed by atoms with Crippen molar-refractivity contribution >= 4 is 28.2 Å². The van der Waals surface area contributed by atoms with Crippen molar-refractivity contribution in [1.29, 1.82) is 0 Å². The number of esters is 1. The Morgan fingerprint density at radius 1 is 0.867 bits per heavy atom. The lowest BCUT2D eigenvalue weighted by Gasteiger charge is -2.26. The second-order valence-corrected chi connectivity index (χ2v) is 7.14. The number of carbonyl (C=O) groups excluding carboxylic acids is 2. The average molecular weight is 401 g/mol. The zero-order valence-electron chi connectivity index (χ0n) is 16.6.